The molecule has 1 aromatic heterocycles. The van der Waals surface area contributed by atoms with Crippen molar-refractivity contribution in [3.05, 3.63) is 71.4 Å². The van der Waals surface area contributed by atoms with E-state index in [0.29, 0.717) is 28.6 Å². The lowest BCUT2D eigenvalue weighted by Gasteiger charge is -2.26. The molecule has 0 radical (unpaired) electrons. The Bertz CT molecular complexity index is 1240. The minimum atomic E-state index is -4.76. The summed E-state index contributed by atoms with van der Waals surface area (Å²) in [7, 11) is 0. The molecule has 2 heterocycles. The van der Waals surface area contributed by atoms with Gasteiger partial charge in [-0.05, 0) is 73.8 Å². The lowest BCUT2D eigenvalue weighted by Crippen LogP contribution is -2.17. The molecule has 10 heteroatoms. The number of halogens is 4. The Hall–Kier alpha value is -3.45. The molecule has 0 amide bonds. The van der Waals surface area contributed by atoms with Crippen molar-refractivity contribution >= 4 is 29.1 Å². The van der Waals surface area contributed by atoms with Crippen LogP contribution in [0.15, 0.2) is 59.5 Å². The van der Waals surface area contributed by atoms with Gasteiger partial charge in [-0.15, -0.1) is 13.2 Å². The predicted molar refractivity (Wildman–Crippen MR) is 123 cm³/mol. The van der Waals surface area contributed by atoms with Crippen molar-refractivity contribution in [1.29, 1.82) is 5.26 Å². The number of nitrogens with one attached hydrogen (secondary N) is 1. The van der Waals surface area contributed by atoms with Gasteiger partial charge in [0.15, 0.2) is 0 Å². The fourth-order valence-electron chi connectivity index (χ4n) is 3.41. The molecule has 0 fully saturated rings. The quantitative estimate of drug-likeness (QED) is 0.308. The summed E-state index contributed by atoms with van der Waals surface area (Å²) in [6.45, 7) is 3.33. The first-order chi connectivity index (χ1) is 16.1. The maximum Gasteiger partial charge on any atom is 0.573 e. The zero-order valence-electron chi connectivity index (χ0n) is 18.3. The monoisotopic (exact) mass is 488 g/mol. The second-order valence-electron chi connectivity index (χ2n) is 8.18. The number of alkyl halides is 4. The number of ether oxygens (including phenoxy) is 1. The number of benzene rings is 2. The van der Waals surface area contributed by atoms with Gasteiger partial charge in [-0.2, -0.15) is 5.26 Å². The third kappa shape index (κ3) is 5.20. The molecular formula is C24H20F4N4OS. The van der Waals surface area contributed by atoms with E-state index in [0.717, 1.165) is 16.8 Å². The average Bonchev–Trinajstić information content (AvgIpc) is 2.94. The predicted octanol–water partition coefficient (Wildman–Crippen LogP) is 7.02. The summed E-state index contributed by atoms with van der Waals surface area (Å²) >= 11 is 1.32. The van der Waals surface area contributed by atoms with Crippen LogP contribution in [0.1, 0.15) is 30.7 Å². The number of nitriles is 1. The van der Waals surface area contributed by atoms with Gasteiger partial charge in [0.25, 0.3) is 0 Å². The molecule has 176 valence electrons. The topological polar surface area (TPSA) is 61.2 Å². The molecule has 1 aliphatic heterocycles. The van der Waals surface area contributed by atoms with Gasteiger partial charge in [0, 0.05) is 10.5 Å². The van der Waals surface area contributed by atoms with Crippen molar-refractivity contribution in [1.82, 2.24) is 4.98 Å². The van der Waals surface area contributed by atoms with Crippen LogP contribution < -0.4 is 14.4 Å². The molecule has 1 aliphatic rings. The van der Waals surface area contributed by atoms with Crippen molar-refractivity contribution in [2.45, 2.75) is 43.7 Å². The van der Waals surface area contributed by atoms with E-state index in [4.69, 9.17) is 0 Å². The van der Waals surface area contributed by atoms with Crippen molar-refractivity contribution in [2.75, 3.05) is 9.62 Å². The molecule has 2 aromatic carbocycles. The molecule has 4 rings (SSSR count). The zero-order valence-corrected chi connectivity index (χ0v) is 19.1. The van der Waals surface area contributed by atoms with E-state index in [-0.39, 0.29) is 5.75 Å². The maximum absolute atomic E-state index is 13.2. The summed E-state index contributed by atoms with van der Waals surface area (Å²) in [6.07, 6.45) is -4.76. The van der Waals surface area contributed by atoms with E-state index in [2.05, 4.69) is 21.1 Å². The Morgan fingerprint density at radius 3 is 2.50 bits per heavy atom. The first-order valence-electron chi connectivity index (χ1n) is 10.3. The minimum absolute atomic E-state index is 0.302. The van der Waals surface area contributed by atoms with E-state index in [1.807, 2.05) is 36.4 Å². The summed E-state index contributed by atoms with van der Waals surface area (Å²) in [4.78, 5) is 5.05. The largest absolute Gasteiger partial charge is 0.573 e. The highest BCUT2D eigenvalue weighted by molar-refractivity contribution is 8.00. The van der Waals surface area contributed by atoms with Gasteiger partial charge in [-0.25, -0.2) is 9.37 Å². The van der Waals surface area contributed by atoms with E-state index in [9.17, 15) is 22.8 Å². The van der Waals surface area contributed by atoms with Crippen molar-refractivity contribution in [3.63, 3.8) is 0 Å². The average molecular weight is 489 g/mol. The van der Waals surface area contributed by atoms with Gasteiger partial charge in [0.2, 0.25) is 0 Å². The number of rotatable bonds is 5. The van der Waals surface area contributed by atoms with Crippen LogP contribution in [0.4, 0.5) is 34.8 Å². The Morgan fingerprint density at radius 2 is 1.85 bits per heavy atom. The Labute approximate surface area is 198 Å². The van der Waals surface area contributed by atoms with E-state index in [1.165, 1.54) is 36.2 Å². The van der Waals surface area contributed by atoms with Gasteiger partial charge >= 0.3 is 6.36 Å². The molecule has 0 saturated heterocycles. The fraction of sp³-hybridized carbons (Fsp3) is 0.250. The highest BCUT2D eigenvalue weighted by atomic mass is 32.2. The molecule has 5 nitrogen and oxygen atoms in total. The maximum atomic E-state index is 13.2. The lowest BCUT2D eigenvalue weighted by atomic mass is 9.86. The van der Waals surface area contributed by atoms with Gasteiger partial charge in [0.05, 0.1) is 35.1 Å². The number of hydrogen-bond acceptors (Lipinski definition) is 6. The van der Waals surface area contributed by atoms with Crippen LogP contribution in [-0.4, -0.2) is 11.3 Å². The first-order valence-corrected chi connectivity index (χ1v) is 11.0. The number of anilines is 3. The molecule has 34 heavy (non-hydrogen) atoms. The molecular weight excluding hydrogens is 468 g/mol. The van der Waals surface area contributed by atoms with Crippen LogP contribution in [0.2, 0.25) is 0 Å². The van der Waals surface area contributed by atoms with Crippen molar-refractivity contribution < 1.29 is 22.3 Å². The Balaban J connectivity index is 1.72. The molecule has 1 N–H and O–H groups in total. The number of aromatic nitrogens is 1. The standard InChI is InChI=1S/C24H20F4N4OS/c1-23(2,14-29)16-4-10-20-21(11-16)32(13-15-3-5-17(12-25)30-22(15)31-20)34-19-8-6-18(7-9-19)33-24(26,27)28/h3-11H,12-13H2,1-2H3,(H,30,31). The number of pyridine rings is 1. The Morgan fingerprint density at radius 1 is 1.12 bits per heavy atom. The normalized spacial score (nSPS) is 13.3. The molecule has 0 spiro atoms. The van der Waals surface area contributed by atoms with Gasteiger partial charge in [-0.1, -0.05) is 12.1 Å². The van der Waals surface area contributed by atoms with Crippen LogP contribution in [0.3, 0.4) is 0 Å². The molecule has 0 aliphatic carbocycles. The smallest absolute Gasteiger partial charge is 0.406 e. The highest BCUT2D eigenvalue weighted by Crippen LogP contribution is 2.43. The molecule has 0 saturated carbocycles. The lowest BCUT2D eigenvalue weighted by molar-refractivity contribution is -0.274. The van der Waals surface area contributed by atoms with Gasteiger partial charge in [-0.3, -0.25) is 0 Å². The van der Waals surface area contributed by atoms with Gasteiger partial charge in [0.1, 0.15) is 18.2 Å². The van der Waals surface area contributed by atoms with E-state index < -0.39 is 18.5 Å². The van der Waals surface area contributed by atoms with E-state index >= 15 is 0 Å². The molecule has 0 unspecified atom stereocenters. The zero-order chi connectivity index (χ0) is 24.5. The van der Waals surface area contributed by atoms with Crippen LogP contribution >= 0.6 is 11.9 Å². The summed E-state index contributed by atoms with van der Waals surface area (Å²) in [5.74, 6) is 0.224. The highest BCUT2D eigenvalue weighted by Gasteiger charge is 2.31. The Kier molecular flexibility index (Phi) is 6.32. The molecule has 3 aromatic rings. The summed E-state index contributed by atoms with van der Waals surface area (Å²) in [6, 6.07) is 16.9. The van der Waals surface area contributed by atoms with Crippen molar-refractivity contribution in [2.24, 2.45) is 0 Å². The van der Waals surface area contributed by atoms with E-state index in [1.54, 1.807) is 12.1 Å². The third-order valence-corrected chi connectivity index (χ3v) is 6.31. The summed E-state index contributed by atoms with van der Waals surface area (Å²) < 4.78 is 56.6. The second-order valence-corrected chi connectivity index (χ2v) is 9.28. The SMILES string of the molecule is CC(C)(C#N)c1ccc2c(c1)N(Sc1ccc(OC(F)(F)F)cc1)Cc1ccc(CF)nc1N2. The van der Waals surface area contributed by atoms with Crippen molar-refractivity contribution in [3.8, 4) is 11.8 Å². The first kappa shape index (κ1) is 23.7. The van der Waals surface area contributed by atoms with Crippen LogP contribution in [0, 0.1) is 11.3 Å². The summed E-state index contributed by atoms with van der Waals surface area (Å²) in [5, 5.41) is 12.9. The second kappa shape index (κ2) is 9.06. The third-order valence-electron chi connectivity index (χ3n) is 5.28. The minimum Gasteiger partial charge on any atom is -0.406 e. The number of nitrogens with zero attached hydrogens (tertiary/aromatic N) is 3. The summed E-state index contributed by atoms with van der Waals surface area (Å²) in [5.41, 5.74) is 2.67. The van der Waals surface area contributed by atoms with Crippen LogP contribution in [0.5, 0.6) is 5.75 Å². The number of hydrogen-bond donors (Lipinski definition) is 1. The molecule has 0 bridgehead atoms. The number of fused-ring (bicyclic) bond motifs is 2. The molecule has 0 atom stereocenters. The fourth-order valence-corrected chi connectivity index (χ4v) is 4.38. The van der Waals surface area contributed by atoms with Gasteiger partial charge < -0.3 is 14.4 Å². The van der Waals surface area contributed by atoms with Crippen LogP contribution in [-0.2, 0) is 18.6 Å². The van der Waals surface area contributed by atoms with Crippen LogP contribution in [0.25, 0.3) is 0 Å².